The predicted octanol–water partition coefficient (Wildman–Crippen LogP) is 2.48. The van der Waals surface area contributed by atoms with Crippen molar-refractivity contribution in [2.75, 3.05) is 13.1 Å². The van der Waals surface area contributed by atoms with Gasteiger partial charge >= 0.3 is 6.18 Å². The zero-order chi connectivity index (χ0) is 14.5. The van der Waals surface area contributed by atoms with Crippen molar-refractivity contribution in [3.63, 3.8) is 0 Å². The quantitative estimate of drug-likeness (QED) is 0.738. The molecule has 0 spiro atoms. The van der Waals surface area contributed by atoms with Gasteiger partial charge in [0, 0.05) is 6.54 Å². The third kappa shape index (κ3) is 5.65. The van der Waals surface area contributed by atoms with Gasteiger partial charge in [-0.15, -0.1) is 0 Å². The van der Waals surface area contributed by atoms with Gasteiger partial charge in [0.05, 0.1) is 18.3 Å². The lowest BCUT2D eigenvalue weighted by Crippen LogP contribution is -2.30. The fraction of sp³-hybridized carbons (Fsp3) is 0.538. The van der Waals surface area contributed by atoms with Gasteiger partial charge in [-0.1, -0.05) is 19.1 Å². The lowest BCUT2D eigenvalue weighted by Gasteiger charge is -2.20. The van der Waals surface area contributed by atoms with E-state index >= 15 is 0 Å². The molecule has 0 saturated heterocycles. The molecule has 0 heterocycles. The van der Waals surface area contributed by atoms with E-state index in [2.05, 4.69) is 4.81 Å². The Hall–Kier alpha value is -1.01. The first-order chi connectivity index (χ1) is 8.82. The van der Waals surface area contributed by atoms with Crippen LogP contribution in [0, 0.1) is 0 Å². The summed E-state index contributed by atoms with van der Waals surface area (Å²) >= 11 is 0. The summed E-state index contributed by atoms with van der Waals surface area (Å²) in [5.74, 6) is 0. The molecule has 0 aliphatic carbocycles. The average Bonchev–Trinajstić information content (AvgIpc) is 2.35. The van der Waals surface area contributed by atoms with E-state index in [0.717, 1.165) is 25.2 Å². The molecule has 0 aromatic heterocycles. The summed E-state index contributed by atoms with van der Waals surface area (Å²) in [7, 11) is 1.98. The zero-order valence-corrected chi connectivity index (χ0v) is 11.5. The number of alkyl halides is 3. The molecule has 1 rings (SSSR count). The second-order valence-corrected chi connectivity index (χ2v) is 4.67. The molecular formula is C13H19BF3NO. The molecule has 19 heavy (non-hydrogen) atoms. The van der Waals surface area contributed by atoms with Gasteiger partial charge in [-0.25, -0.2) is 0 Å². The van der Waals surface area contributed by atoms with Gasteiger partial charge in [-0.3, -0.25) is 0 Å². The molecular weight excluding hydrogens is 254 g/mol. The van der Waals surface area contributed by atoms with Crippen LogP contribution in [0.1, 0.15) is 25.0 Å². The molecule has 0 N–H and O–H groups in total. The van der Waals surface area contributed by atoms with Gasteiger partial charge in [-0.2, -0.15) is 13.2 Å². The van der Waals surface area contributed by atoms with Gasteiger partial charge in [0.1, 0.15) is 0 Å². The van der Waals surface area contributed by atoms with E-state index in [1.165, 1.54) is 6.07 Å². The van der Waals surface area contributed by atoms with Gasteiger partial charge in [0.2, 0.25) is 0 Å². The van der Waals surface area contributed by atoms with Gasteiger partial charge in [-0.05, 0) is 31.2 Å². The predicted molar refractivity (Wildman–Crippen MR) is 71.5 cm³/mol. The second kappa shape index (κ2) is 6.96. The Labute approximate surface area is 113 Å². The molecule has 1 aromatic rings. The van der Waals surface area contributed by atoms with E-state index in [1.807, 2.05) is 21.8 Å². The monoisotopic (exact) mass is 273 g/mol. The van der Waals surface area contributed by atoms with E-state index in [4.69, 9.17) is 4.74 Å². The molecule has 0 fully saturated rings. The van der Waals surface area contributed by atoms with Crippen molar-refractivity contribution in [1.82, 2.24) is 4.81 Å². The van der Waals surface area contributed by atoms with Crippen molar-refractivity contribution in [2.45, 2.75) is 32.7 Å². The van der Waals surface area contributed by atoms with Crippen molar-refractivity contribution >= 4 is 7.98 Å². The fourth-order valence-electron chi connectivity index (χ4n) is 1.70. The highest BCUT2D eigenvalue weighted by atomic mass is 19.4. The summed E-state index contributed by atoms with van der Waals surface area (Å²) in [6, 6.07) is 5.25. The van der Waals surface area contributed by atoms with Crippen LogP contribution < -0.4 is 0 Å². The number of hydrogen-bond acceptors (Lipinski definition) is 2. The van der Waals surface area contributed by atoms with E-state index in [0.29, 0.717) is 5.56 Å². The van der Waals surface area contributed by atoms with Crippen LogP contribution >= 0.6 is 0 Å². The molecule has 0 bridgehead atoms. The molecule has 106 valence electrons. The smallest absolute Gasteiger partial charge is 0.373 e. The van der Waals surface area contributed by atoms with Crippen LogP contribution in [0.2, 0.25) is 0 Å². The van der Waals surface area contributed by atoms with Gasteiger partial charge in [0.15, 0.2) is 7.98 Å². The van der Waals surface area contributed by atoms with Crippen LogP contribution in [-0.2, 0) is 17.5 Å². The van der Waals surface area contributed by atoms with Crippen LogP contribution in [0.15, 0.2) is 24.3 Å². The molecule has 0 radical (unpaired) electrons. The number of rotatable bonds is 6. The molecule has 6 heteroatoms. The summed E-state index contributed by atoms with van der Waals surface area (Å²) in [5, 5.41) is 0. The highest BCUT2D eigenvalue weighted by Crippen LogP contribution is 2.29. The van der Waals surface area contributed by atoms with Crippen molar-refractivity contribution in [3.8, 4) is 0 Å². The average molecular weight is 273 g/mol. The van der Waals surface area contributed by atoms with Crippen molar-refractivity contribution in [3.05, 3.63) is 35.4 Å². The van der Waals surface area contributed by atoms with Crippen LogP contribution in [0.4, 0.5) is 13.2 Å². The third-order valence-electron chi connectivity index (χ3n) is 2.90. The lowest BCUT2D eigenvalue weighted by atomic mass is 10.1. The van der Waals surface area contributed by atoms with Crippen molar-refractivity contribution in [1.29, 1.82) is 0 Å². The van der Waals surface area contributed by atoms with E-state index in [1.54, 1.807) is 6.07 Å². The maximum Gasteiger partial charge on any atom is 0.416 e. The molecule has 1 atom stereocenters. The standard InChI is InChI=1S/C13H19BF3NO/c1-3-18(14)8-10(2)19-9-11-5-4-6-12(7-11)13(15,16)17/h4-7,10H,3,8-9,14H2,1-2H3. The van der Waals surface area contributed by atoms with Crippen molar-refractivity contribution < 1.29 is 17.9 Å². The molecule has 0 saturated carbocycles. The minimum atomic E-state index is -4.30. The van der Waals surface area contributed by atoms with E-state index in [-0.39, 0.29) is 12.7 Å². The van der Waals surface area contributed by atoms with Crippen LogP contribution in [-0.4, -0.2) is 32.0 Å². The van der Waals surface area contributed by atoms with Crippen molar-refractivity contribution in [2.24, 2.45) is 0 Å². The molecule has 0 aliphatic rings. The van der Waals surface area contributed by atoms with Crippen LogP contribution in [0.3, 0.4) is 0 Å². The second-order valence-electron chi connectivity index (χ2n) is 4.67. The number of benzene rings is 1. The largest absolute Gasteiger partial charge is 0.416 e. The normalized spacial score (nSPS) is 13.8. The van der Waals surface area contributed by atoms with Crippen LogP contribution in [0.25, 0.3) is 0 Å². The molecule has 1 aromatic carbocycles. The Morgan fingerprint density at radius 3 is 2.63 bits per heavy atom. The van der Waals surface area contributed by atoms with Gasteiger partial charge < -0.3 is 9.55 Å². The number of likely N-dealkylation sites (N-methyl/N-ethyl adjacent to an activating group) is 1. The summed E-state index contributed by atoms with van der Waals surface area (Å²) in [4.78, 5) is 2.09. The number of nitrogens with zero attached hydrogens (tertiary/aromatic N) is 1. The SMILES string of the molecule is BN(CC)CC(C)OCc1cccc(C(F)(F)F)c1. The molecule has 1 unspecified atom stereocenters. The zero-order valence-electron chi connectivity index (χ0n) is 11.5. The van der Waals surface area contributed by atoms with Crippen LogP contribution in [0.5, 0.6) is 0 Å². The Bertz CT molecular complexity index is 398. The summed E-state index contributed by atoms with van der Waals surface area (Å²) < 4.78 is 43.2. The van der Waals surface area contributed by atoms with E-state index in [9.17, 15) is 13.2 Å². The Morgan fingerprint density at radius 2 is 2.05 bits per heavy atom. The number of hydrogen-bond donors (Lipinski definition) is 0. The Balaban J connectivity index is 2.54. The first-order valence-corrected chi connectivity index (χ1v) is 6.29. The molecule has 0 aliphatic heterocycles. The van der Waals surface area contributed by atoms with E-state index < -0.39 is 11.7 Å². The summed E-state index contributed by atoms with van der Waals surface area (Å²) in [6.45, 7) is 5.83. The minimum absolute atomic E-state index is 0.0144. The highest BCUT2D eigenvalue weighted by Gasteiger charge is 2.30. The molecule has 0 amide bonds. The number of halogens is 3. The first-order valence-electron chi connectivity index (χ1n) is 6.29. The summed E-state index contributed by atoms with van der Waals surface area (Å²) in [5.41, 5.74) is -0.0900. The summed E-state index contributed by atoms with van der Waals surface area (Å²) in [6.07, 6.45) is -4.32. The number of ether oxygens (including phenoxy) is 1. The first kappa shape index (κ1) is 16.1. The Kier molecular flexibility index (Phi) is 5.88. The third-order valence-corrected chi connectivity index (χ3v) is 2.90. The highest BCUT2D eigenvalue weighted by molar-refractivity contribution is 6.04. The minimum Gasteiger partial charge on any atom is -0.373 e. The Morgan fingerprint density at radius 1 is 1.37 bits per heavy atom. The lowest BCUT2D eigenvalue weighted by molar-refractivity contribution is -0.137. The fourth-order valence-corrected chi connectivity index (χ4v) is 1.70. The molecule has 2 nitrogen and oxygen atoms in total. The van der Waals surface area contributed by atoms with Gasteiger partial charge in [0.25, 0.3) is 0 Å². The maximum atomic E-state index is 12.5. The maximum absolute atomic E-state index is 12.5. The topological polar surface area (TPSA) is 12.5 Å².